The molecule has 1 N–H and O–H groups in total. The zero-order valence-corrected chi connectivity index (χ0v) is 16.1. The van der Waals surface area contributed by atoms with E-state index in [1.165, 1.54) is 12.8 Å². The highest BCUT2D eigenvalue weighted by atomic mass is 16.6. The van der Waals surface area contributed by atoms with Crippen LogP contribution in [0.15, 0.2) is 12.7 Å². The van der Waals surface area contributed by atoms with Crippen LogP contribution in [0.3, 0.4) is 0 Å². The minimum absolute atomic E-state index is 0.136. The van der Waals surface area contributed by atoms with Gasteiger partial charge in [0.2, 0.25) is 0 Å². The summed E-state index contributed by atoms with van der Waals surface area (Å²) in [6.45, 7) is 6.51. The highest BCUT2D eigenvalue weighted by molar-refractivity contribution is 5.83. The van der Waals surface area contributed by atoms with Gasteiger partial charge in [0.25, 0.3) is 0 Å². The van der Waals surface area contributed by atoms with E-state index in [-0.39, 0.29) is 18.2 Å². The summed E-state index contributed by atoms with van der Waals surface area (Å²) in [6, 6.07) is 0.834. The molecule has 3 fully saturated rings. The second-order valence-electron chi connectivity index (χ2n) is 9.07. The first-order valence-corrected chi connectivity index (χ1v) is 9.83. The Balaban J connectivity index is 1.42. The molecular weight excluding hydrogens is 344 g/mol. The van der Waals surface area contributed by atoms with Gasteiger partial charge in [0.1, 0.15) is 17.4 Å². The van der Waals surface area contributed by atoms with Crippen molar-refractivity contribution in [3.8, 4) is 0 Å². The Morgan fingerprint density at radius 3 is 2.67 bits per heavy atom. The van der Waals surface area contributed by atoms with Crippen molar-refractivity contribution in [3.05, 3.63) is 12.7 Å². The van der Waals surface area contributed by atoms with E-state index in [4.69, 9.17) is 4.74 Å². The van der Waals surface area contributed by atoms with Crippen LogP contribution in [0.5, 0.6) is 0 Å². The predicted molar refractivity (Wildman–Crippen MR) is 100 cm³/mol. The van der Waals surface area contributed by atoms with Crippen LogP contribution in [0.2, 0.25) is 0 Å². The third kappa shape index (κ3) is 3.00. The molecule has 8 heteroatoms. The Labute approximate surface area is 158 Å². The number of aromatic nitrogens is 4. The number of ether oxygens (including phenoxy) is 1. The minimum Gasteiger partial charge on any atom is -0.444 e. The average molecular weight is 370 g/mol. The highest BCUT2D eigenvalue weighted by Gasteiger charge is 2.49. The molecule has 0 spiro atoms. The lowest BCUT2D eigenvalue weighted by Crippen LogP contribution is -2.45. The van der Waals surface area contributed by atoms with Gasteiger partial charge in [0.05, 0.1) is 18.4 Å². The van der Waals surface area contributed by atoms with Crippen molar-refractivity contribution in [2.75, 3.05) is 11.9 Å². The van der Waals surface area contributed by atoms with E-state index in [9.17, 15) is 4.79 Å². The Hall–Kier alpha value is -2.38. The molecule has 1 unspecified atom stereocenters. The number of hydrogen-bond acceptors (Lipinski definition) is 6. The summed E-state index contributed by atoms with van der Waals surface area (Å²) < 4.78 is 7.76. The minimum atomic E-state index is -0.479. The second-order valence-corrected chi connectivity index (χ2v) is 9.07. The fraction of sp³-hybridized carbons (Fsp3) is 0.684. The first-order chi connectivity index (χ1) is 12.9. The lowest BCUT2D eigenvalue weighted by atomic mass is 10.1. The number of rotatable bonds is 3. The molecule has 2 aliphatic carbocycles. The molecular formula is C19H26N6O2. The van der Waals surface area contributed by atoms with Crippen molar-refractivity contribution in [3.63, 3.8) is 0 Å². The van der Waals surface area contributed by atoms with Gasteiger partial charge in [-0.2, -0.15) is 0 Å². The Morgan fingerprint density at radius 1 is 1.19 bits per heavy atom. The third-order valence-electron chi connectivity index (χ3n) is 5.71. The number of likely N-dealkylation sites (tertiary alicyclic amines) is 1. The molecule has 3 aliphatic rings. The molecule has 1 saturated heterocycles. The van der Waals surface area contributed by atoms with Gasteiger partial charge >= 0.3 is 6.09 Å². The SMILES string of the molecule is CC(C)(C)OC(=O)N1C[C@H]2CC(n3cnc4c(NC5CC5)ncnc43)[C@@H]1C2. The Bertz CT molecular complexity index is 884. The lowest BCUT2D eigenvalue weighted by molar-refractivity contribution is 0.0141. The van der Waals surface area contributed by atoms with E-state index in [1.807, 2.05) is 32.0 Å². The fourth-order valence-corrected chi connectivity index (χ4v) is 4.44. The number of nitrogens with zero attached hydrogens (tertiary/aromatic N) is 5. The maximum atomic E-state index is 12.7. The van der Waals surface area contributed by atoms with Crippen molar-refractivity contribution in [2.24, 2.45) is 5.92 Å². The van der Waals surface area contributed by atoms with Crippen LogP contribution in [0.4, 0.5) is 10.6 Å². The number of anilines is 1. The quantitative estimate of drug-likeness (QED) is 0.894. The normalized spacial score (nSPS) is 27.4. The summed E-state index contributed by atoms with van der Waals surface area (Å²) in [5, 5.41) is 3.44. The van der Waals surface area contributed by atoms with Crippen molar-refractivity contribution >= 4 is 23.1 Å². The highest BCUT2D eigenvalue weighted by Crippen LogP contribution is 2.46. The molecule has 27 heavy (non-hydrogen) atoms. The summed E-state index contributed by atoms with van der Waals surface area (Å²) in [5.74, 6) is 1.32. The van der Waals surface area contributed by atoms with Crippen molar-refractivity contribution in [1.29, 1.82) is 0 Å². The number of piperidine rings is 1. The molecule has 3 heterocycles. The number of imidazole rings is 1. The summed E-state index contributed by atoms with van der Waals surface area (Å²) in [4.78, 5) is 28.0. The summed E-state index contributed by atoms with van der Waals surface area (Å²) in [7, 11) is 0. The predicted octanol–water partition coefficient (Wildman–Crippen LogP) is 2.97. The second kappa shape index (κ2) is 5.81. The maximum absolute atomic E-state index is 12.7. The molecule has 5 rings (SSSR count). The van der Waals surface area contributed by atoms with Crippen LogP contribution in [-0.2, 0) is 4.74 Å². The monoisotopic (exact) mass is 370 g/mol. The number of amides is 1. The third-order valence-corrected chi connectivity index (χ3v) is 5.71. The zero-order chi connectivity index (χ0) is 18.8. The molecule has 2 bridgehead atoms. The van der Waals surface area contributed by atoms with Gasteiger partial charge in [-0.05, 0) is 52.4 Å². The van der Waals surface area contributed by atoms with E-state index < -0.39 is 5.60 Å². The van der Waals surface area contributed by atoms with Crippen molar-refractivity contribution in [2.45, 2.75) is 70.2 Å². The average Bonchev–Trinajstić information content (AvgIpc) is 3.03. The molecule has 8 nitrogen and oxygen atoms in total. The number of hydrogen-bond donors (Lipinski definition) is 1. The molecule has 2 saturated carbocycles. The number of carbonyl (C=O) groups is 1. The fourth-order valence-electron chi connectivity index (χ4n) is 4.44. The molecule has 144 valence electrons. The standard InChI is InChI=1S/C19H26N6O2/c1-19(2,3)27-18(26)24-8-11-6-13(24)14(7-11)25-10-22-15-16(23-12-4-5-12)20-9-21-17(15)25/h9-14H,4-8H2,1-3H3,(H,20,21,23)/t11-,13+,14?/m1/s1. The molecule has 1 amide bonds. The van der Waals surface area contributed by atoms with E-state index >= 15 is 0 Å². The lowest BCUT2D eigenvalue weighted by Gasteiger charge is -2.35. The van der Waals surface area contributed by atoms with Crippen LogP contribution < -0.4 is 5.32 Å². The topological polar surface area (TPSA) is 85.2 Å². The maximum Gasteiger partial charge on any atom is 0.410 e. The van der Waals surface area contributed by atoms with Crippen LogP contribution in [-0.4, -0.2) is 54.7 Å². The molecule has 3 atom stereocenters. The largest absolute Gasteiger partial charge is 0.444 e. The first kappa shape index (κ1) is 16.8. The van der Waals surface area contributed by atoms with Crippen molar-refractivity contribution in [1.82, 2.24) is 24.4 Å². The number of nitrogens with one attached hydrogen (secondary N) is 1. The van der Waals surface area contributed by atoms with E-state index in [1.54, 1.807) is 6.33 Å². The van der Waals surface area contributed by atoms with Gasteiger partial charge in [-0.15, -0.1) is 0 Å². The molecule has 1 aliphatic heterocycles. The van der Waals surface area contributed by atoms with Gasteiger partial charge in [-0.3, -0.25) is 0 Å². The number of carbonyl (C=O) groups excluding carboxylic acids is 1. The van der Waals surface area contributed by atoms with Gasteiger partial charge in [-0.25, -0.2) is 19.7 Å². The first-order valence-electron chi connectivity index (χ1n) is 9.83. The number of fused-ring (bicyclic) bond motifs is 3. The molecule has 0 radical (unpaired) electrons. The van der Waals surface area contributed by atoms with E-state index in [0.29, 0.717) is 12.0 Å². The van der Waals surface area contributed by atoms with Gasteiger partial charge < -0.3 is 19.5 Å². The summed E-state index contributed by atoms with van der Waals surface area (Å²) in [5.41, 5.74) is 1.18. The zero-order valence-electron chi connectivity index (χ0n) is 16.1. The van der Waals surface area contributed by atoms with Gasteiger partial charge in [-0.1, -0.05) is 0 Å². The van der Waals surface area contributed by atoms with Crippen LogP contribution in [0.1, 0.15) is 52.5 Å². The molecule has 0 aromatic carbocycles. The van der Waals surface area contributed by atoms with Crippen LogP contribution >= 0.6 is 0 Å². The Morgan fingerprint density at radius 2 is 1.96 bits per heavy atom. The smallest absolute Gasteiger partial charge is 0.410 e. The Kier molecular flexibility index (Phi) is 3.61. The van der Waals surface area contributed by atoms with Crippen LogP contribution in [0.25, 0.3) is 11.2 Å². The van der Waals surface area contributed by atoms with Crippen molar-refractivity contribution < 1.29 is 9.53 Å². The summed E-state index contributed by atoms with van der Waals surface area (Å²) in [6.07, 6.45) is 7.68. The van der Waals surface area contributed by atoms with Crippen LogP contribution in [0, 0.1) is 5.92 Å². The van der Waals surface area contributed by atoms with E-state index in [2.05, 4.69) is 24.8 Å². The van der Waals surface area contributed by atoms with E-state index in [0.717, 1.165) is 36.4 Å². The summed E-state index contributed by atoms with van der Waals surface area (Å²) >= 11 is 0. The van der Waals surface area contributed by atoms with Gasteiger partial charge in [0.15, 0.2) is 11.5 Å². The molecule has 2 aromatic rings. The molecule has 2 aromatic heterocycles. The van der Waals surface area contributed by atoms with Gasteiger partial charge in [0, 0.05) is 12.6 Å².